The molecule has 3 aromatic carbocycles. The molecule has 0 bridgehead atoms. The third-order valence-electron chi connectivity index (χ3n) is 5.46. The molecule has 4 heteroatoms. The molecule has 1 aliphatic rings. The van der Waals surface area contributed by atoms with Crippen molar-refractivity contribution in [3.63, 3.8) is 0 Å². The Morgan fingerprint density at radius 2 is 1.29 bits per heavy atom. The van der Waals surface area contributed by atoms with Gasteiger partial charge in [-0.05, 0) is 33.9 Å². The van der Waals surface area contributed by atoms with Gasteiger partial charge in [-0.1, -0.05) is 86.6 Å². The molecule has 0 fully saturated rings. The van der Waals surface area contributed by atoms with Gasteiger partial charge in [-0.2, -0.15) is 9.97 Å². The van der Waals surface area contributed by atoms with Crippen LogP contribution in [0.4, 0.5) is 0 Å². The zero-order valence-corrected chi connectivity index (χ0v) is 16.4. The number of halogens is 1. The van der Waals surface area contributed by atoms with Crippen LogP contribution in [0.25, 0.3) is 33.9 Å². The minimum Gasteiger partial charge on any atom is -0.208 e. The molecule has 0 N–H and O–H groups in total. The lowest BCUT2D eigenvalue weighted by molar-refractivity contribution is 0.661. The van der Waals surface area contributed by atoms with E-state index < -0.39 is 0 Å². The lowest BCUT2D eigenvalue weighted by Gasteiger charge is -2.24. The molecule has 4 aromatic rings. The molecule has 0 radical (unpaired) electrons. The van der Waals surface area contributed by atoms with Crippen LogP contribution in [0.2, 0.25) is 5.28 Å². The largest absolute Gasteiger partial charge is 0.226 e. The van der Waals surface area contributed by atoms with Gasteiger partial charge in [0, 0.05) is 16.5 Å². The minimum atomic E-state index is -0.144. The molecule has 0 atom stereocenters. The van der Waals surface area contributed by atoms with Gasteiger partial charge in [0.2, 0.25) is 5.28 Å². The summed E-state index contributed by atoms with van der Waals surface area (Å²) < 4.78 is 0. The molecule has 5 rings (SSSR count). The first-order chi connectivity index (χ1) is 13.6. The normalized spacial score (nSPS) is 13.8. The maximum Gasteiger partial charge on any atom is 0.226 e. The Labute approximate surface area is 169 Å². The van der Waals surface area contributed by atoms with E-state index in [-0.39, 0.29) is 10.7 Å². The summed E-state index contributed by atoms with van der Waals surface area (Å²) in [6.07, 6.45) is 0. The smallest absolute Gasteiger partial charge is 0.208 e. The van der Waals surface area contributed by atoms with E-state index >= 15 is 0 Å². The molecule has 0 amide bonds. The summed E-state index contributed by atoms with van der Waals surface area (Å²) in [6, 6.07) is 24.7. The van der Waals surface area contributed by atoms with E-state index in [4.69, 9.17) is 16.6 Å². The van der Waals surface area contributed by atoms with Crippen LogP contribution in [0.5, 0.6) is 0 Å². The van der Waals surface area contributed by atoms with Gasteiger partial charge < -0.3 is 0 Å². The third kappa shape index (κ3) is 2.54. The van der Waals surface area contributed by atoms with Gasteiger partial charge >= 0.3 is 0 Å². The summed E-state index contributed by atoms with van der Waals surface area (Å²) in [5.74, 6) is 1.19. The summed E-state index contributed by atoms with van der Waals surface area (Å²) in [7, 11) is 0. The molecular formula is C24H18ClN3. The van der Waals surface area contributed by atoms with Gasteiger partial charge in [-0.15, -0.1) is 0 Å². The maximum absolute atomic E-state index is 6.30. The second kappa shape index (κ2) is 6.25. The molecule has 0 spiro atoms. The Morgan fingerprint density at radius 1 is 0.643 bits per heavy atom. The molecule has 136 valence electrons. The Kier molecular flexibility index (Phi) is 3.81. The van der Waals surface area contributed by atoms with Gasteiger partial charge in [0.25, 0.3) is 0 Å². The van der Waals surface area contributed by atoms with Crippen LogP contribution in [0.15, 0.2) is 72.8 Å². The minimum absolute atomic E-state index is 0.144. The van der Waals surface area contributed by atoms with Crippen molar-refractivity contribution in [1.29, 1.82) is 0 Å². The highest BCUT2D eigenvalue weighted by Crippen LogP contribution is 2.51. The van der Waals surface area contributed by atoms with E-state index in [1.807, 2.05) is 30.3 Å². The Hall–Kier alpha value is -3.04. The fraction of sp³-hybridized carbons (Fsp3) is 0.125. The summed E-state index contributed by atoms with van der Waals surface area (Å²) in [6.45, 7) is 4.50. The molecule has 0 saturated carbocycles. The average Bonchev–Trinajstić information content (AvgIpc) is 2.96. The molecular weight excluding hydrogens is 366 g/mol. The number of hydrogen-bond donors (Lipinski definition) is 0. The zero-order valence-electron chi connectivity index (χ0n) is 15.6. The number of hydrogen-bond acceptors (Lipinski definition) is 3. The molecule has 0 unspecified atom stereocenters. The molecule has 3 nitrogen and oxygen atoms in total. The summed E-state index contributed by atoms with van der Waals surface area (Å²) in [5, 5.41) is 0.203. The topological polar surface area (TPSA) is 38.7 Å². The van der Waals surface area contributed by atoms with Crippen LogP contribution in [-0.2, 0) is 5.41 Å². The van der Waals surface area contributed by atoms with Gasteiger partial charge in [-0.25, -0.2) is 4.98 Å². The van der Waals surface area contributed by atoms with Crippen molar-refractivity contribution in [2.75, 3.05) is 0 Å². The summed E-state index contributed by atoms with van der Waals surface area (Å²) in [4.78, 5) is 13.6. The molecule has 1 aromatic heterocycles. The van der Waals surface area contributed by atoms with E-state index in [9.17, 15) is 0 Å². The van der Waals surface area contributed by atoms with E-state index in [2.05, 4.69) is 66.3 Å². The average molecular weight is 384 g/mol. The Morgan fingerprint density at radius 3 is 2.11 bits per heavy atom. The maximum atomic E-state index is 6.30. The molecule has 0 saturated heterocycles. The first kappa shape index (κ1) is 17.1. The second-order valence-corrected chi connectivity index (χ2v) is 7.85. The standard InChI is InChI=1S/C24H18ClN3/c1-24(2)19-14-7-6-11-16(19)17-12-8-13-18(20(17)24)22-26-21(27-23(25)28-22)15-9-4-3-5-10-15/h3-14H,1-2H3. The second-order valence-electron chi connectivity index (χ2n) is 7.52. The fourth-order valence-electron chi connectivity index (χ4n) is 4.22. The third-order valence-corrected chi connectivity index (χ3v) is 5.63. The molecule has 28 heavy (non-hydrogen) atoms. The highest BCUT2D eigenvalue weighted by atomic mass is 35.5. The number of aromatic nitrogens is 3. The van der Waals surface area contributed by atoms with E-state index in [1.165, 1.54) is 22.3 Å². The number of fused-ring (bicyclic) bond motifs is 3. The molecule has 1 heterocycles. The number of nitrogens with zero attached hydrogens (tertiary/aromatic N) is 3. The van der Waals surface area contributed by atoms with Crippen molar-refractivity contribution in [1.82, 2.24) is 15.0 Å². The number of benzene rings is 3. The van der Waals surface area contributed by atoms with Crippen LogP contribution in [0.1, 0.15) is 25.0 Å². The van der Waals surface area contributed by atoms with Crippen molar-refractivity contribution in [2.45, 2.75) is 19.3 Å². The lowest BCUT2D eigenvalue weighted by atomic mass is 9.80. The van der Waals surface area contributed by atoms with Crippen LogP contribution in [0, 0.1) is 0 Å². The van der Waals surface area contributed by atoms with Crippen LogP contribution >= 0.6 is 11.6 Å². The molecule has 1 aliphatic carbocycles. The predicted octanol–water partition coefficient (Wildman–Crippen LogP) is 6.17. The SMILES string of the molecule is CC1(C)c2ccccc2-c2cccc(-c3nc(Cl)nc(-c4ccccc4)n3)c21. The predicted molar refractivity (Wildman–Crippen MR) is 113 cm³/mol. The summed E-state index contributed by atoms with van der Waals surface area (Å²) in [5.41, 5.74) is 6.83. The van der Waals surface area contributed by atoms with Crippen LogP contribution in [-0.4, -0.2) is 15.0 Å². The van der Waals surface area contributed by atoms with E-state index in [0.717, 1.165) is 11.1 Å². The van der Waals surface area contributed by atoms with Crippen molar-refractivity contribution in [3.05, 3.63) is 89.2 Å². The Bertz CT molecular complexity index is 1200. The monoisotopic (exact) mass is 383 g/mol. The highest BCUT2D eigenvalue weighted by Gasteiger charge is 2.37. The van der Waals surface area contributed by atoms with Crippen molar-refractivity contribution < 1.29 is 0 Å². The van der Waals surface area contributed by atoms with Crippen LogP contribution in [0.3, 0.4) is 0 Å². The van der Waals surface area contributed by atoms with Gasteiger partial charge in [-0.3, -0.25) is 0 Å². The van der Waals surface area contributed by atoms with E-state index in [0.29, 0.717) is 11.6 Å². The zero-order chi connectivity index (χ0) is 19.3. The van der Waals surface area contributed by atoms with Crippen molar-refractivity contribution >= 4 is 11.6 Å². The lowest BCUT2D eigenvalue weighted by Crippen LogP contribution is -2.16. The highest BCUT2D eigenvalue weighted by molar-refractivity contribution is 6.28. The summed E-state index contributed by atoms with van der Waals surface area (Å²) >= 11 is 6.30. The fourth-order valence-corrected chi connectivity index (χ4v) is 4.38. The Balaban J connectivity index is 1.75. The van der Waals surface area contributed by atoms with E-state index in [1.54, 1.807) is 0 Å². The number of rotatable bonds is 2. The van der Waals surface area contributed by atoms with Crippen LogP contribution < -0.4 is 0 Å². The van der Waals surface area contributed by atoms with Crippen molar-refractivity contribution in [2.24, 2.45) is 0 Å². The van der Waals surface area contributed by atoms with Gasteiger partial charge in [0.1, 0.15) is 0 Å². The first-order valence-corrected chi connectivity index (χ1v) is 9.64. The molecule has 0 aliphatic heterocycles. The first-order valence-electron chi connectivity index (χ1n) is 9.26. The quantitative estimate of drug-likeness (QED) is 0.415. The van der Waals surface area contributed by atoms with Gasteiger partial charge in [0.05, 0.1) is 0 Å². The van der Waals surface area contributed by atoms with Crippen molar-refractivity contribution in [3.8, 4) is 33.9 Å². The van der Waals surface area contributed by atoms with Gasteiger partial charge in [0.15, 0.2) is 11.6 Å².